The SMILES string of the molecule is COc1ccc(CC2COCC(C)N2)cc1. The highest BCUT2D eigenvalue weighted by Crippen LogP contribution is 2.13. The maximum absolute atomic E-state index is 5.52. The Kier molecular flexibility index (Phi) is 3.80. The molecular formula is C13H19NO2. The lowest BCUT2D eigenvalue weighted by atomic mass is 10.0. The molecule has 3 nitrogen and oxygen atoms in total. The van der Waals surface area contributed by atoms with Gasteiger partial charge in [-0.15, -0.1) is 0 Å². The van der Waals surface area contributed by atoms with Crippen LogP contribution < -0.4 is 10.1 Å². The van der Waals surface area contributed by atoms with Gasteiger partial charge in [-0.25, -0.2) is 0 Å². The maximum atomic E-state index is 5.52. The van der Waals surface area contributed by atoms with E-state index in [-0.39, 0.29) is 0 Å². The highest BCUT2D eigenvalue weighted by Gasteiger charge is 2.18. The molecule has 0 bridgehead atoms. The van der Waals surface area contributed by atoms with E-state index < -0.39 is 0 Å². The number of morpholine rings is 1. The van der Waals surface area contributed by atoms with Gasteiger partial charge in [0.25, 0.3) is 0 Å². The third-order valence-electron chi connectivity index (χ3n) is 2.85. The van der Waals surface area contributed by atoms with Crippen molar-refractivity contribution in [2.24, 2.45) is 0 Å². The standard InChI is InChI=1S/C13H19NO2/c1-10-8-16-9-12(14-10)7-11-3-5-13(15-2)6-4-11/h3-6,10,12,14H,7-9H2,1-2H3. The van der Waals surface area contributed by atoms with Crippen LogP contribution in [-0.4, -0.2) is 32.4 Å². The van der Waals surface area contributed by atoms with Gasteiger partial charge in [-0.05, 0) is 31.0 Å². The average Bonchev–Trinajstić information content (AvgIpc) is 2.30. The molecule has 0 amide bonds. The molecule has 0 radical (unpaired) electrons. The van der Waals surface area contributed by atoms with Crippen molar-refractivity contribution in [2.45, 2.75) is 25.4 Å². The second-order valence-corrected chi connectivity index (χ2v) is 4.35. The van der Waals surface area contributed by atoms with Gasteiger partial charge in [0.05, 0.1) is 20.3 Å². The molecule has 0 aliphatic carbocycles. The lowest BCUT2D eigenvalue weighted by molar-refractivity contribution is 0.0508. The molecule has 2 unspecified atom stereocenters. The van der Waals surface area contributed by atoms with Gasteiger partial charge >= 0.3 is 0 Å². The number of ether oxygens (including phenoxy) is 2. The van der Waals surface area contributed by atoms with Crippen LogP contribution in [-0.2, 0) is 11.2 Å². The number of methoxy groups -OCH3 is 1. The van der Waals surface area contributed by atoms with Crippen LogP contribution in [0, 0.1) is 0 Å². The van der Waals surface area contributed by atoms with Crippen LogP contribution in [0.4, 0.5) is 0 Å². The fourth-order valence-corrected chi connectivity index (χ4v) is 2.05. The zero-order chi connectivity index (χ0) is 11.4. The Morgan fingerprint density at radius 2 is 2.06 bits per heavy atom. The summed E-state index contributed by atoms with van der Waals surface area (Å²) >= 11 is 0. The zero-order valence-electron chi connectivity index (χ0n) is 9.90. The minimum Gasteiger partial charge on any atom is -0.497 e. The highest BCUT2D eigenvalue weighted by atomic mass is 16.5. The topological polar surface area (TPSA) is 30.5 Å². The van der Waals surface area contributed by atoms with Crippen molar-refractivity contribution in [3.05, 3.63) is 29.8 Å². The molecule has 2 rings (SSSR count). The lowest BCUT2D eigenvalue weighted by Gasteiger charge is -2.29. The number of hydrogen-bond acceptors (Lipinski definition) is 3. The molecule has 3 heteroatoms. The van der Waals surface area contributed by atoms with Gasteiger partial charge in [-0.1, -0.05) is 12.1 Å². The van der Waals surface area contributed by atoms with Crippen LogP contribution in [0.25, 0.3) is 0 Å². The van der Waals surface area contributed by atoms with Gasteiger partial charge in [-0.3, -0.25) is 0 Å². The largest absolute Gasteiger partial charge is 0.497 e. The van der Waals surface area contributed by atoms with Crippen LogP contribution in [0.3, 0.4) is 0 Å². The van der Waals surface area contributed by atoms with Gasteiger partial charge in [0.1, 0.15) is 5.75 Å². The van der Waals surface area contributed by atoms with E-state index in [2.05, 4.69) is 24.4 Å². The Bertz CT molecular complexity index is 323. The van der Waals surface area contributed by atoms with Crippen molar-refractivity contribution >= 4 is 0 Å². The van der Waals surface area contributed by atoms with E-state index in [9.17, 15) is 0 Å². The van der Waals surface area contributed by atoms with Crippen LogP contribution in [0.5, 0.6) is 5.75 Å². The second kappa shape index (κ2) is 5.32. The van der Waals surface area contributed by atoms with Crippen molar-refractivity contribution in [1.82, 2.24) is 5.32 Å². The molecule has 1 fully saturated rings. The predicted octanol–water partition coefficient (Wildman–Crippen LogP) is 1.61. The molecule has 1 aliphatic rings. The monoisotopic (exact) mass is 221 g/mol. The summed E-state index contributed by atoms with van der Waals surface area (Å²) in [5.74, 6) is 0.907. The Hall–Kier alpha value is -1.06. The fraction of sp³-hybridized carbons (Fsp3) is 0.538. The van der Waals surface area contributed by atoms with Crippen molar-refractivity contribution in [2.75, 3.05) is 20.3 Å². The Morgan fingerprint density at radius 1 is 1.31 bits per heavy atom. The number of benzene rings is 1. The summed E-state index contributed by atoms with van der Waals surface area (Å²) in [5.41, 5.74) is 1.32. The smallest absolute Gasteiger partial charge is 0.118 e. The summed E-state index contributed by atoms with van der Waals surface area (Å²) in [6.07, 6.45) is 1.01. The summed E-state index contributed by atoms with van der Waals surface area (Å²) in [6.45, 7) is 3.77. The van der Waals surface area contributed by atoms with Crippen molar-refractivity contribution in [3.8, 4) is 5.75 Å². The van der Waals surface area contributed by atoms with E-state index in [4.69, 9.17) is 9.47 Å². The van der Waals surface area contributed by atoms with Crippen molar-refractivity contribution in [3.63, 3.8) is 0 Å². The number of rotatable bonds is 3. The molecule has 1 aromatic carbocycles. The first kappa shape index (κ1) is 11.4. The highest BCUT2D eigenvalue weighted by molar-refractivity contribution is 5.27. The van der Waals surface area contributed by atoms with Crippen molar-refractivity contribution < 1.29 is 9.47 Å². The minimum absolute atomic E-state index is 0.428. The van der Waals surface area contributed by atoms with Crippen LogP contribution >= 0.6 is 0 Å². The first-order valence-electron chi connectivity index (χ1n) is 5.74. The molecule has 1 saturated heterocycles. The fourth-order valence-electron chi connectivity index (χ4n) is 2.05. The predicted molar refractivity (Wildman–Crippen MR) is 63.9 cm³/mol. The van der Waals surface area contributed by atoms with E-state index in [1.807, 2.05) is 12.1 Å². The lowest BCUT2D eigenvalue weighted by Crippen LogP contribution is -2.48. The average molecular weight is 221 g/mol. The Labute approximate surface area is 96.8 Å². The molecule has 0 spiro atoms. The number of nitrogens with one attached hydrogen (secondary N) is 1. The third kappa shape index (κ3) is 2.97. The van der Waals surface area contributed by atoms with E-state index in [0.717, 1.165) is 25.4 Å². The van der Waals surface area contributed by atoms with Crippen LogP contribution in [0.15, 0.2) is 24.3 Å². The molecule has 16 heavy (non-hydrogen) atoms. The normalized spacial score (nSPS) is 25.4. The van der Waals surface area contributed by atoms with Gasteiger partial charge in [-0.2, -0.15) is 0 Å². The summed E-state index contributed by atoms with van der Waals surface area (Å²) in [6, 6.07) is 9.11. The molecule has 1 N–H and O–H groups in total. The number of hydrogen-bond donors (Lipinski definition) is 1. The summed E-state index contributed by atoms with van der Waals surface area (Å²) in [7, 11) is 1.69. The minimum atomic E-state index is 0.428. The summed E-state index contributed by atoms with van der Waals surface area (Å²) in [4.78, 5) is 0. The molecule has 1 heterocycles. The van der Waals surface area contributed by atoms with Gasteiger partial charge < -0.3 is 14.8 Å². The quantitative estimate of drug-likeness (QED) is 0.841. The third-order valence-corrected chi connectivity index (χ3v) is 2.85. The molecule has 0 saturated carbocycles. The first-order valence-corrected chi connectivity index (χ1v) is 5.74. The Balaban J connectivity index is 1.92. The van der Waals surface area contributed by atoms with Gasteiger partial charge in [0, 0.05) is 12.1 Å². The molecule has 1 aliphatic heterocycles. The maximum Gasteiger partial charge on any atom is 0.118 e. The first-order chi connectivity index (χ1) is 7.78. The van der Waals surface area contributed by atoms with E-state index >= 15 is 0 Å². The molecule has 88 valence electrons. The Morgan fingerprint density at radius 3 is 2.69 bits per heavy atom. The summed E-state index contributed by atoms with van der Waals surface area (Å²) < 4.78 is 10.7. The molecule has 1 aromatic rings. The van der Waals surface area contributed by atoms with E-state index in [0.29, 0.717) is 12.1 Å². The van der Waals surface area contributed by atoms with Gasteiger partial charge in [0.2, 0.25) is 0 Å². The van der Waals surface area contributed by atoms with E-state index in [1.54, 1.807) is 7.11 Å². The molecular weight excluding hydrogens is 202 g/mol. The van der Waals surface area contributed by atoms with Crippen molar-refractivity contribution in [1.29, 1.82) is 0 Å². The van der Waals surface area contributed by atoms with Crippen LogP contribution in [0.2, 0.25) is 0 Å². The van der Waals surface area contributed by atoms with E-state index in [1.165, 1.54) is 5.56 Å². The summed E-state index contributed by atoms with van der Waals surface area (Å²) in [5, 5.41) is 3.54. The zero-order valence-corrected chi connectivity index (χ0v) is 9.90. The molecule has 2 atom stereocenters. The van der Waals surface area contributed by atoms with Gasteiger partial charge in [0.15, 0.2) is 0 Å². The van der Waals surface area contributed by atoms with Crippen LogP contribution in [0.1, 0.15) is 12.5 Å². The molecule has 0 aromatic heterocycles. The second-order valence-electron chi connectivity index (χ2n) is 4.35.